The average molecular weight is 479 g/mol. The minimum Gasteiger partial charge on any atom is -0.354 e. The van der Waals surface area contributed by atoms with Crippen LogP contribution in [0.1, 0.15) is 45.1 Å². The minimum absolute atomic E-state index is 0. The minimum atomic E-state index is -0.674. The Kier molecular flexibility index (Phi) is 9.49. The van der Waals surface area contributed by atoms with Crippen molar-refractivity contribution >= 4 is 41.5 Å². The number of nitrogens with one attached hydrogen (secondary N) is 2. The highest BCUT2D eigenvalue weighted by atomic mass is 35.5. The van der Waals surface area contributed by atoms with E-state index < -0.39 is 5.41 Å². The summed E-state index contributed by atoms with van der Waals surface area (Å²) >= 11 is 5.96. The first-order chi connectivity index (χ1) is 14.8. The molecule has 2 amide bonds. The van der Waals surface area contributed by atoms with Gasteiger partial charge in [-0.05, 0) is 75.3 Å². The Bertz CT molecular complexity index is 883. The highest BCUT2D eigenvalue weighted by molar-refractivity contribution is 6.30. The van der Waals surface area contributed by atoms with Gasteiger partial charge in [-0.25, -0.2) is 0 Å². The Morgan fingerprint density at radius 1 is 1.09 bits per heavy atom. The molecule has 1 saturated carbocycles. The summed E-state index contributed by atoms with van der Waals surface area (Å²) in [7, 11) is 0. The molecule has 1 heterocycles. The Morgan fingerprint density at radius 2 is 1.69 bits per heavy atom. The Hall–Kier alpha value is -2.15. The Balaban J connectivity index is 0.00000363. The molecule has 174 valence electrons. The van der Waals surface area contributed by atoms with E-state index in [1.807, 2.05) is 26.0 Å². The predicted molar refractivity (Wildman–Crippen MR) is 131 cm³/mol. The van der Waals surface area contributed by atoms with E-state index in [0.717, 1.165) is 36.9 Å². The highest BCUT2D eigenvalue weighted by Gasteiger charge is 2.32. The molecule has 4 N–H and O–H groups in total. The van der Waals surface area contributed by atoms with Crippen LogP contribution in [0.3, 0.4) is 0 Å². The standard InChI is InChI=1S/C24H31ClN4O2.ClH/c1-24(2,18-7-9-19(25)10-8-18)23(31)28-15-21(26)16-3-5-17(6-4-16)22(30)29-20-11-13-27-14-12-20;/h7-14,16-17,21H,3-6,15,26H2,1-2H3,(H,28,31)(H,27,29,30);1H. The second-order valence-electron chi connectivity index (χ2n) is 8.84. The molecule has 8 heteroatoms. The lowest BCUT2D eigenvalue weighted by Gasteiger charge is -2.32. The van der Waals surface area contributed by atoms with Crippen LogP contribution in [0.5, 0.6) is 0 Å². The van der Waals surface area contributed by atoms with Crippen molar-refractivity contribution in [3.8, 4) is 0 Å². The molecule has 1 aromatic heterocycles. The molecule has 6 nitrogen and oxygen atoms in total. The summed E-state index contributed by atoms with van der Waals surface area (Å²) < 4.78 is 0. The topological polar surface area (TPSA) is 97.1 Å². The number of pyridine rings is 1. The molecule has 0 aliphatic heterocycles. The highest BCUT2D eigenvalue weighted by Crippen LogP contribution is 2.31. The SMILES string of the molecule is CC(C)(C(=O)NCC(N)C1CCC(C(=O)Nc2ccncc2)CC1)c1ccc(Cl)cc1.Cl. The molecule has 1 fully saturated rings. The number of carbonyl (C=O) groups excluding carboxylic acids is 2. The van der Waals surface area contributed by atoms with Gasteiger partial charge in [0.1, 0.15) is 0 Å². The van der Waals surface area contributed by atoms with Crippen LogP contribution in [0.2, 0.25) is 5.02 Å². The van der Waals surface area contributed by atoms with Crippen molar-refractivity contribution < 1.29 is 9.59 Å². The molecular formula is C24H32Cl2N4O2. The molecule has 0 bridgehead atoms. The number of nitrogens with zero attached hydrogens (tertiary/aromatic N) is 1. The van der Waals surface area contributed by atoms with Gasteiger partial charge in [0.15, 0.2) is 0 Å². The number of amides is 2. The van der Waals surface area contributed by atoms with Crippen LogP contribution in [0, 0.1) is 11.8 Å². The summed E-state index contributed by atoms with van der Waals surface area (Å²) in [6.45, 7) is 4.21. The van der Waals surface area contributed by atoms with Crippen molar-refractivity contribution in [1.29, 1.82) is 0 Å². The number of hydrogen-bond donors (Lipinski definition) is 3. The summed E-state index contributed by atoms with van der Waals surface area (Å²) in [6.07, 6.45) is 6.69. The third-order valence-corrected chi connectivity index (χ3v) is 6.58. The van der Waals surface area contributed by atoms with Crippen LogP contribution in [0.25, 0.3) is 0 Å². The Morgan fingerprint density at radius 3 is 2.28 bits per heavy atom. The van der Waals surface area contributed by atoms with Crippen molar-refractivity contribution in [3.63, 3.8) is 0 Å². The van der Waals surface area contributed by atoms with E-state index in [2.05, 4.69) is 15.6 Å². The second-order valence-corrected chi connectivity index (χ2v) is 9.28. The molecule has 1 aliphatic rings. The van der Waals surface area contributed by atoms with Crippen LogP contribution in [-0.4, -0.2) is 29.4 Å². The number of carbonyl (C=O) groups is 2. The maximum atomic E-state index is 12.8. The number of benzene rings is 1. The predicted octanol–water partition coefficient (Wildman–Crippen LogP) is 4.32. The maximum absolute atomic E-state index is 12.8. The van der Waals surface area contributed by atoms with Gasteiger partial charge in [0.2, 0.25) is 11.8 Å². The lowest BCUT2D eigenvalue weighted by molar-refractivity contribution is -0.125. The molecule has 32 heavy (non-hydrogen) atoms. The summed E-state index contributed by atoms with van der Waals surface area (Å²) in [5, 5.41) is 6.62. The van der Waals surface area contributed by atoms with E-state index in [1.165, 1.54) is 0 Å². The number of hydrogen-bond acceptors (Lipinski definition) is 4. The van der Waals surface area contributed by atoms with Crippen molar-refractivity contribution in [2.24, 2.45) is 17.6 Å². The molecule has 3 rings (SSSR count). The van der Waals surface area contributed by atoms with Crippen LogP contribution < -0.4 is 16.4 Å². The second kappa shape index (κ2) is 11.6. The van der Waals surface area contributed by atoms with Gasteiger partial charge in [-0.15, -0.1) is 12.4 Å². The van der Waals surface area contributed by atoms with Crippen LogP contribution in [-0.2, 0) is 15.0 Å². The lowest BCUT2D eigenvalue weighted by Crippen LogP contribution is -2.48. The van der Waals surface area contributed by atoms with Crippen LogP contribution in [0.15, 0.2) is 48.8 Å². The van der Waals surface area contributed by atoms with Crippen molar-refractivity contribution in [2.75, 3.05) is 11.9 Å². The van der Waals surface area contributed by atoms with E-state index in [-0.39, 0.29) is 36.2 Å². The normalized spacial score (nSPS) is 19.4. The zero-order chi connectivity index (χ0) is 22.4. The van der Waals surface area contributed by atoms with Crippen molar-refractivity contribution in [3.05, 3.63) is 59.4 Å². The maximum Gasteiger partial charge on any atom is 0.230 e. The first-order valence-corrected chi connectivity index (χ1v) is 11.2. The van der Waals surface area contributed by atoms with E-state index in [0.29, 0.717) is 17.5 Å². The van der Waals surface area contributed by atoms with Gasteiger partial charge in [-0.3, -0.25) is 14.6 Å². The fourth-order valence-corrected chi connectivity index (χ4v) is 4.21. The number of nitrogens with two attached hydrogens (primary N) is 1. The molecule has 0 radical (unpaired) electrons. The quantitative estimate of drug-likeness (QED) is 0.551. The summed E-state index contributed by atoms with van der Waals surface area (Å²) in [4.78, 5) is 29.3. The third kappa shape index (κ3) is 6.67. The van der Waals surface area contributed by atoms with Crippen molar-refractivity contribution in [2.45, 2.75) is 51.0 Å². The first-order valence-electron chi connectivity index (χ1n) is 10.8. The lowest BCUT2D eigenvalue weighted by atomic mass is 9.78. The summed E-state index contributed by atoms with van der Waals surface area (Å²) in [5.74, 6) is 0.283. The van der Waals surface area contributed by atoms with Gasteiger partial charge < -0.3 is 16.4 Å². The van der Waals surface area contributed by atoms with E-state index in [1.54, 1.807) is 36.7 Å². The molecular weight excluding hydrogens is 447 g/mol. The Labute approximate surface area is 201 Å². The molecule has 1 aliphatic carbocycles. The molecule has 1 atom stereocenters. The third-order valence-electron chi connectivity index (χ3n) is 6.33. The zero-order valence-electron chi connectivity index (χ0n) is 18.5. The number of aromatic nitrogens is 1. The molecule has 1 aromatic carbocycles. The number of rotatable bonds is 7. The summed E-state index contributed by atoms with van der Waals surface area (Å²) in [6, 6.07) is 10.8. The van der Waals surface area contributed by atoms with Crippen LogP contribution >= 0.6 is 24.0 Å². The van der Waals surface area contributed by atoms with E-state index in [9.17, 15) is 9.59 Å². The largest absolute Gasteiger partial charge is 0.354 e. The van der Waals surface area contributed by atoms with Gasteiger partial charge in [0.05, 0.1) is 5.41 Å². The first kappa shape index (κ1) is 26.1. The monoisotopic (exact) mass is 478 g/mol. The zero-order valence-corrected chi connectivity index (χ0v) is 20.1. The molecule has 0 saturated heterocycles. The molecule has 0 spiro atoms. The number of halogens is 2. The summed E-state index contributed by atoms with van der Waals surface area (Å²) in [5.41, 5.74) is 7.40. The fourth-order valence-electron chi connectivity index (χ4n) is 4.08. The van der Waals surface area contributed by atoms with Gasteiger partial charge in [0, 0.05) is 41.6 Å². The van der Waals surface area contributed by atoms with E-state index in [4.69, 9.17) is 17.3 Å². The van der Waals surface area contributed by atoms with Crippen molar-refractivity contribution in [1.82, 2.24) is 10.3 Å². The number of anilines is 1. The van der Waals surface area contributed by atoms with Gasteiger partial charge >= 0.3 is 0 Å². The fraction of sp³-hybridized carbons (Fsp3) is 0.458. The smallest absolute Gasteiger partial charge is 0.230 e. The van der Waals surface area contributed by atoms with E-state index >= 15 is 0 Å². The molecule has 2 aromatic rings. The van der Waals surface area contributed by atoms with Crippen LogP contribution in [0.4, 0.5) is 5.69 Å². The van der Waals surface area contributed by atoms with Gasteiger partial charge in [-0.2, -0.15) is 0 Å². The van der Waals surface area contributed by atoms with Gasteiger partial charge in [0.25, 0.3) is 0 Å². The van der Waals surface area contributed by atoms with Gasteiger partial charge in [-0.1, -0.05) is 23.7 Å². The molecule has 1 unspecified atom stereocenters. The average Bonchev–Trinajstić information content (AvgIpc) is 2.78.